The highest BCUT2D eigenvalue weighted by Gasteiger charge is 2.45. The number of aromatic amines is 1. The van der Waals surface area contributed by atoms with Crippen LogP contribution in [-0.2, 0) is 14.3 Å². The number of nitrogens with zero attached hydrogens (tertiary/aromatic N) is 6. The number of nitrogens with one attached hydrogen (secondary N) is 2. The summed E-state index contributed by atoms with van der Waals surface area (Å²) >= 11 is 0. The second kappa shape index (κ2) is 13.0. The number of methoxy groups -OCH3 is 1. The molecular weight excluding hydrogens is 618 g/mol. The number of H-pyrrole nitrogens is 1. The van der Waals surface area contributed by atoms with Crippen LogP contribution in [0.3, 0.4) is 0 Å². The fourth-order valence-corrected chi connectivity index (χ4v) is 6.30. The van der Waals surface area contributed by atoms with E-state index < -0.39 is 11.5 Å². The SMILES string of the molecule is CO[C@@]1(C(=O)Nc2ccc3[nH]nc(-c4ccc(F)nc4)c3c2)CCN(CC(=O)N2CC=C(c3ccc(-c4ncccn4)cc3F)CC2)C1. The highest BCUT2D eigenvalue weighted by atomic mass is 19.1. The number of hydrogen-bond acceptors (Lipinski definition) is 8. The fourth-order valence-electron chi connectivity index (χ4n) is 6.30. The normalized spacial score (nSPS) is 18.2. The Kier molecular flexibility index (Phi) is 8.46. The maximum absolute atomic E-state index is 15.1. The number of fused-ring (bicyclic) bond motifs is 1. The van der Waals surface area contributed by atoms with Gasteiger partial charge in [-0.15, -0.1) is 0 Å². The number of pyridine rings is 1. The van der Waals surface area contributed by atoms with Crippen molar-refractivity contribution in [3.05, 3.63) is 96.6 Å². The molecule has 48 heavy (non-hydrogen) atoms. The zero-order chi connectivity index (χ0) is 33.3. The van der Waals surface area contributed by atoms with Gasteiger partial charge in [-0.2, -0.15) is 9.49 Å². The minimum absolute atomic E-state index is 0.0668. The van der Waals surface area contributed by atoms with Crippen LogP contribution in [0, 0.1) is 11.8 Å². The van der Waals surface area contributed by atoms with Crippen molar-refractivity contribution < 1.29 is 23.1 Å². The number of benzene rings is 2. The maximum Gasteiger partial charge on any atom is 0.258 e. The molecule has 0 unspecified atom stereocenters. The number of carbonyl (C=O) groups is 2. The molecule has 0 radical (unpaired) electrons. The van der Waals surface area contributed by atoms with Crippen molar-refractivity contribution in [1.82, 2.24) is 34.9 Å². The minimum Gasteiger partial charge on any atom is -0.367 e. The van der Waals surface area contributed by atoms with Crippen LogP contribution in [0.5, 0.6) is 0 Å². The number of amides is 2. The van der Waals surface area contributed by atoms with Gasteiger partial charge in [0.1, 0.15) is 11.5 Å². The van der Waals surface area contributed by atoms with E-state index in [1.165, 1.54) is 25.4 Å². The highest BCUT2D eigenvalue weighted by molar-refractivity contribution is 6.01. The van der Waals surface area contributed by atoms with Gasteiger partial charge in [0.25, 0.3) is 5.91 Å². The Balaban J connectivity index is 0.970. The lowest BCUT2D eigenvalue weighted by Crippen LogP contribution is -2.48. The molecule has 2 amide bonds. The lowest BCUT2D eigenvalue weighted by molar-refractivity contribution is -0.138. The maximum atomic E-state index is 15.1. The van der Waals surface area contributed by atoms with E-state index in [0.29, 0.717) is 66.4 Å². The van der Waals surface area contributed by atoms with Gasteiger partial charge >= 0.3 is 0 Å². The molecule has 3 aromatic heterocycles. The van der Waals surface area contributed by atoms with E-state index in [2.05, 4.69) is 30.5 Å². The summed E-state index contributed by atoms with van der Waals surface area (Å²) in [6.45, 7) is 1.72. The summed E-state index contributed by atoms with van der Waals surface area (Å²) in [7, 11) is 1.50. The van der Waals surface area contributed by atoms with Crippen molar-refractivity contribution in [2.24, 2.45) is 0 Å². The predicted molar refractivity (Wildman–Crippen MR) is 175 cm³/mol. The Morgan fingerprint density at radius 2 is 1.85 bits per heavy atom. The van der Waals surface area contributed by atoms with Gasteiger partial charge in [-0.1, -0.05) is 18.2 Å². The molecule has 5 aromatic rings. The summed E-state index contributed by atoms with van der Waals surface area (Å²) in [4.78, 5) is 42.6. The number of carbonyl (C=O) groups excluding carboxylic acids is 2. The number of anilines is 1. The van der Waals surface area contributed by atoms with Gasteiger partial charge in [-0.25, -0.2) is 19.3 Å². The van der Waals surface area contributed by atoms with Crippen LogP contribution in [0.1, 0.15) is 18.4 Å². The van der Waals surface area contributed by atoms with E-state index in [-0.39, 0.29) is 30.7 Å². The Labute approximate surface area is 274 Å². The lowest BCUT2D eigenvalue weighted by atomic mass is 9.97. The molecule has 1 saturated heterocycles. The molecule has 244 valence electrons. The number of halogens is 2. The molecule has 2 aliphatic heterocycles. The summed E-state index contributed by atoms with van der Waals surface area (Å²) in [5, 5.41) is 11.0. The van der Waals surface area contributed by atoms with Gasteiger partial charge < -0.3 is 15.0 Å². The average molecular weight is 651 g/mol. The third-order valence-electron chi connectivity index (χ3n) is 9.00. The van der Waals surface area contributed by atoms with E-state index in [0.717, 1.165) is 16.5 Å². The third-order valence-corrected chi connectivity index (χ3v) is 9.00. The van der Waals surface area contributed by atoms with Crippen LogP contribution in [-0.4, -0.2) is 92.2 Å². The number of likely N-dealkylation sites (tertiary alicyclic amines) is 1. The molecule has 1 atom stereocenters. The first-order valence-corrected chi connectivity index (χ1v) is 15.5. The lowest BCUT2D eigenvalue weighted by Gasteiger charge is -2.30. The zero-order valence-corrected chi connectivity index (χ0v) is 26.1. The molecule has 11 nitrogen and oxygen atoms in total. The standard InChI is InChI=1S/C35H32F2N8O3/c1-48-35(34(47)41-25-5-7-29-27(18-25)32(43-42-29)24-4-8-30(37)40-19-24)11-16-44(21-35)20-31(46)45-14-9-22(10-15-45)26-6-3-23(17-28(26)36)33-38-12-2-13-39-33/h2-9,12-13,17-19H,10-11,14-16,20-21H2,1H3,(H,41,47)(H,42,43)/t35-/m0/s1. The molecule has 0 saturated carbocycles. The van der Waals surface area contributed by atoms with Crippen LogP contribution in [0.2, 0.25) is 0 Å². The summed E-state index contributed by atoms with van der Waals surface area (Å²) in [6, 6.07) is 14.9. The fraction of sp³-hybridized carbons (Fsp3) is 0.257. The topological polar surface area (TPSA) is 129 Å². The van der Waals surface area contributed by atoms with E-state index in [1.807, 2.05) is 11.0 Å². The third kappa shape index (κ3) is 6.17. The van der Waals surface area contributed by atoms with E-state index in [9.17, 15) is 14.0 Å². The molecule has 2 aliphatic rings. The predicted octanol–water partition coefficient (Wildman–Crippen LogP) is 4.71. The van der Waals surface area contributed by atoms with Crippen LogP contribution in [0.4, 0.5) is 14.5 Å². The molecule has 2 N–H and O–H groups in total. The van der Waals surface area contributed by atoms with Crippen LogP contribution in [0.15, 0.2) is 79.3 Å². The van der Waals surface area contributed by atoms with Gasteiger partial charge in [-0.3, -0.25) is 19.6 Å². The van der Waals surface area contributed by atoms with E-state index in [1.54, 1.807) is 59.8 Å². The van der Waals surface area contributed by atoms with Crippen molar-refractivity contribution in [3.63, 3.8) is 0 Å². The first-order valence-electron chi connectivity index (χ1n) is 15.5. The highest BCUT2D eigenvalue weighted by Crippen LogP contribution is 2.32. The summed E-state index contributed by atoms with van der Waals surface area (Å²) in [5.41, 5.74) is 3.34. The zero-order valence-electron chi connectivity index (χ0n) is 26.1. The molecule has 1 fully saturated rings. The molecule has 0 spiro atoms. The van der Waals surface area contributed by atoms with Crippen LogP contribution >= 0.6 is 0 Å². The first-order chi connectivity index (χ1) is 23.3. The van der Waals surface area contributed by atoms with E-state index in [4.69, 9.17) is 4.74 Å². The van der Waals surface area contributed by atoms with Crippen molar-refractivity contribution in [1.29, 1.82) is 0 Å². The molecular formula is C35H32F2N8O3. The van der Waals surface area contributed by atoms with Gasteiger partial charge in [-0.05, 0) is 60.9 Å². The molecule has 2 aromatic carbocycles. The molecule has 5 heterocycles. The van der Waals surface area contributed by atoms with Gasteiger partial charge in [0.15, 0.2) is 11.4 Å². The number of aromatic nitrogens is 5. The van der Waals surface area contributed by atoms with Crippen molar-refractivity contribution in [3.8, 4) is 22.6 Å². The molecule has 7 rings (SSSR count). The quantitative estimate of drug-likeness (QED) is 0.231. The summed E-state index contributed by atoms with van der Waals surface area (Å²) < 4.78 is 34.2. The van der Waals surface area contributed by atoms with Crippen molar-refractivity contribution >= 4 is 34.0 Å². The Morgan fingerprint density at radius 3 is 2.58 bits per heavy atom. The van der Waals surface area contributed by atoms with Crippen LogP contribution in [0.25, 0.3) is 39.1 Å². The summed E-state index contributed by atoms with van der Waals surface area (Å²) in [6.07, 6.45) is 7.47. The minimum atomic E-state index is -1.14. The smallest absolute Gasteiger partial charge is 0.258 e. The summed E-state index contributed by atoms with van der Waals surface area (Å²) in [5.74, 6) is -0.861. The second-order valence-electron chi connectivity index (χ2n) is 11.9. The number of ether oxygens (including phenoxy) is 1. The molecule has 0 aliphatic carbocycles. The van der Waals surface area contributed by atoms with Gasteiger partial charge in [0.05, 0.1) is 12.1 Å². The Hall–Kier alpha value is -5.40. The van der Waals surface area contributed by atoms with Gasteiger partial charge in [0.2, 0.25) is 11.9 Å². The van der Waals surface area contributed by atoms with Gasteiger partial charge in [0, 0.05) is 79.6 Å². The number of hydrogen-bond donors (Lipinski definition) is 2. The largest absolute Gasteiger partial charge is 0.367 e. The Bertz CT molecular complexity index is 2020. The van der Waals surface area contributed by atoms with Crippen molar-refractivity contribution in [2.45, 2.75) is 18.4 Å². The Morgan fingerprint density at radius 1 is 1.02 bits per heavy atom. The number of rotatable bonds is 8. The molecule has 13 heteroatoms. The van der Waals surface area contributed by atoms with Crippen LogP contribution < -0.4 is 5.32 Å². The first kappa shape index (κ1) is 31.2. The van der Waals surface area contributed by atoms with Crippen molar-refractivity contribution in [2.75, 3.05) is 45.2 Å². The van der Waals surface area contributed by atoms with E-state index >= 15 is 4.39 Å². The average Bonchev–Trinajstić information content (AvgIpc) is 3.74. The second-order valence-corrected chi connectivity index (χ2v) is 11.9. The molecule has 0 bridgehead atoms. The monoisotopic (exact) mass is 650 g/mol.